The minimum Gasteiger partial charge on any atom is -0.373 e. The Hall–Kier alpha value is -0.710. The van der Waals surface area contributed by atoms with Crippen LogP contribution in [0.5, 0.6) is 0 Å². The molecule has 20 heavy (non-hydrogen) atoms. The van der Waals surface area contributed by atoms with Crippen LogP contribution in [0.1, 0.15) is 25.8 Å². The molecule has 0 aliphatic heterocycles. The summed E-state index contributed by atoms with van der Waals surface area (Å²) in [6.07, 6.45) is 0.0298. The fraction of sp³-hybridized carbons (Fsp3) is 0.462. The standard InChI is InChI=1S/C13H18ClO5P/c1-3-18-20(17,19-4-2)13(16,9-10-15)11-7-5-6-8-12(11)14/h5-8,10,16H,3-4,9H2,1-2H3/t13-/m1/s1. The van der Waals surface area contributed by atoms with E-state index in [0.29, 0.717) is 6.29 Å². The Morgan fingerprint density at radius 3 is 2.30 bits per heavy atom. The van der Waals surface area contributed by atoms with Gasteiger partial charge in [-0.05, 0) is 19.9 Å². The molecule has 1 aromatic rings. The molecule has 5 nitrogen and oxygen atoms in total. The van der Waals surface area contributed by atoms with Gasteiger partial charge in [0.1, 0.15) is 6.29 Å². The SMILES string of the molecule is CCOP(=O)(OCC)[C@](O)(CC=O)c1ccccc1Cl. The number of aldehydes is 1. The van der Waals surface area contributed by atoms with Crippen molar-refractivity contribution in [2.45, 2.75) is 25.6 Å². The molecule has 1 atom stereocenters. The Balaban J connectivity index is 3.43. The molecule has 0 heterocycles. The van der Waals surface area contributed by atoms with Crippen molar-refractivity contribution in [1.29, 1.82) is 0 Å². The summed E-state index contributed by atoms with van der Waals surface area (Å²) < 4.78 is 23.2. The number of halogens is 1. The summed E-state index contributed by atoms with van der Waals surface area (Å²) in [7, 11) is -3.97. The Bertz CT molecular complexity index is 497. The van der Waals surface area contributed by atoms with Crippen molar-refractivity contribution in [3.63, 3.8) is 0 Å². The molecular formula is C13H18ClO5P. The van der Waals surface area contributed by atoms with E-state index < -0.39 is 19.4 Å². The van der Waals surface area contributed by atoms with E-state index in [0.717, 1.165) is 0 Å². The smallest absolute Gasteiger partial charge is 0.366 e. The molecule has 0 aliphatic rings. The van der Waals surface area contributed by atoms with Gasteiger partial charge in [0.2, 0.25) is 0 Å². The van der Waals surface area contributed by atoms with Gasteiger partial charge in [0.15, 0.2) is 5.34 Å². The Kier molecular flexibility index (Phi) is 6.37. The number of hydrogen-bond acceptors (Lipinski definition) is 5. The monoisotopic (exact) mass is 320 g/mol. The molecular weight excluding hydrogens is 303 g/mol. The van der Waals surface area contributed by atoms with Crippen LogP contribution in [0, 0.1) is 0 Å². The van der Waals surface area contributed by atoms with Gasteiger partial charge < -0.3 is 18.9 Å². The summed E-state index contributed by atoms with van der Waals surface area (Å²) in [5, 5.41) is 8.91. The third-order valence-corrected chi connectivity index (χ3v) is 5.58. The van der Waals surface area contributed by atoms with Crippen LogP contribution in [0.25, 0.3) is 0 Å². The quantitative estimate of drug-likeness (QED) is 0.587. The van der Waals surface area contributed by atoms with E-state index in [-0.39, 0.29) is 23.8 Å². The maximum atomic E-state index is 12.9. The van der Waals surface area contributed by atoms with Gasteiger partial charge in [-0.2, -0.15) is 0 Å². The summed E-state index contributed by atoms with van der Waals surface area (Å²) in [4.78, 5) is 10.9. The summed E-state index contributed by atoms with van der Waals surface area (Å²) in [6.45, 7) is 3.39. The van der Waals surface area contributed by atoms with Crippen LogP contribution in [0.3, 0.4) is 0 Å². The van der Waals surface area contributed by atoms with Crippen molar-refractivity contribution in [3.8, 4) is 0 Å². The molecule has 0 bridgehead atoms. The molecule has 0 aromatic heterocycles. The van der Waals surface area contributed by atoms with Crippen LogP contribution in [0.15, 0.2) is 24.3 Å². The van der Waals surface area contributed by atoms with Gasteiger partial charge in [-0.1, -0.05) is 29.8 Å². The lowest BCUT2D eigenvalue weighted by Crippen LogP contribution is -2.29. The van der Waals surface area contributed by atoms with Crippen molar-refractivity contribution in [1.82, 2.24) is 0 Å². The number of rotatable bonds is 8. The second kappa shape index (κ2) is 7.34. The lowest BCUT2D eigenvalue weighted by molar-refractivity contribution is -0.111. The molecule has 0 amide bonds. The molecule has 0 aliphatic carbocycles. The van der Waals surface area contributed by atoms with Gasteiger partial charge in [0.05, 0.1) is 13.2 Å². The van der Waals surface area contributed by atoms with Gasteiger partial charge >= 0.3 is 7.60 Å². The van der Waals surface area contributed by atoms with Crippen molar-refractivity contribution >= 4 is 25.5 Å². The fourth-order valence-electron chi connectivity index (χ4n) is 1.86. The minimum atomic E-state index is -3.97. The van der Waals surface area contributed by atoms with Gasteiger partial charge in [-0.25, -0.2) is 0 Å². The molecule has 112 valence electrons. The van der Waals surface area contributed by atoms with Crippen LogP contribution in [-0.2, 0) is 23.7 Å². The largest absolute Gasteiger partial charge is 0.373 e. The predicted molar refractivity (Wildman–Crippen MR) is 76.9 cm³/mol. The minimum absolute atomic E-state index is 0.0723. The molecule has 0 saturated heterocycles. The van der Waals surface area contributed by atoms with E-state index in [1.165, 1.54) is 12.1 Å². The predicted octanol–water partition coefficient (Wildman–Crippen LogP) is 3.34. The van der Waals surface area contributed by atoms with Gasteiger partial charge in [0.25, 0.3) is 0 Å². The van der Waals surface area contributed by atoms with Crippen LogP contribution in [0.4, 0.5) is 0 Å². The van der Waals surface area contributed by atoms with Crippen LogP contribution in [0.2, 0.25) is 5.02 Å². The van der Waals surface area contributed by atoms with Crippen LogP contribution < -0.4 is 0 Å². The molecule has 7 heteroatoms. The van der Waals surface area contributed by atoms with E-state index in [1.54, 1.807) is 26.0 Å². The zero-order valence-corrected chi connectivity index (χ0v) is 13.1. The first kappa shape index (κ1) is 17.3. The van der Waals surface area contributed by atoms with E-state index in [1.807, 2.05) is 0 Å². The highest BCUT2D eigenvalue weighted by atomic mass is 35.5. The second-order valence-electron chi connectivity index (χ2n) is 4.00. The Morgan fingerprint density at radius 2 is 1.85 bits per heavy atom. The summed E-state index contributed by atoms with van der Waals surface area (Å²) in [6, 6.07) is 6.32. The van der Waals surface area contributed by atoms with Gasteiger partial charge in [-0.15, -0.1) is 0 Å². The first-order valence-corrected chi connectivity index (χ1v) is 8.17. The molecule has 0 spiro atoms. The molecule has 1 aromatic carbocycles. The normalized spacial score (nSPS) is 14.8. The van der Waals surface area contributed by atoms with Crippen molar-refractivity contribution < 1.29 is 23.5 Å². The molecule has 0 unspecified atom stereocenters. The molecule has 1 N–H and O–H groups in total. The highest BCUT2D eigenvalue weighted by Gasteiger charge is 2.51. The van der Waals surface area contributed by atoms with E-state index in [2.05, 4.69) is 0 Å². The number of benzene rings is 1. The van der Waals surface area contributed by atoms with Crippen LogP contribution in [-0.4, -0.2) is 24.6 Å². The average Bonchev–Trinajstić information content (AvgIpc) is 2.39. The van der Waals surface area contributed by atoms with Gasteiger partial charge in [-0.3, -0.25) is 4.57 Å². The highest BCUT2D eigenvalue weighted by molar-refractivity contribution is 7.55. The van der Waals surface area contributed by atoms with Crippen molar-refractivity contribution in [2.75, 3.05) is 13.2 Å². The summed E-state index contributed by atoms with van der Waals surface area (Å²) >= 11 is 6.04. The van der Waals surface area contributed by atoms with Crippen LogP contribution >= 0.6 is 19.2 Å². The summed E-state index contributed by atoms with van der Waals surface area (Å²) in [5.74, 6) is 0. The molecule has 1 rings (SSSR count). The topological polar surface area (TPSA) is 72.8 Å². The van der Waals surface area contributed by atoms with Crippen molar-refractivity contribution in [2.24, 2.45) is 0 Å². The zero-order valence-electron chi connectivity index (χ0n) is 11.4. The number of carbonyl (C=O) groups excluding carboxylic acids is 1. The maximum absolute atomic E-state index is 12.9. The molecule has 0 fully saturated rings. The number of carbonyl (C=O) groups is 1. The third kappa shape index (κ3) is 3.30. The third-order valence-electron chi connectivity index (χ3n) is 2.72. The Labute approximate surface area is 123 Å². The van der Waals surface area contributed by atoms with E-state index >= 15 is 0 Å². The van der Waals surface area contributed by atoms with E-state index in [4.69, 9.17) is 20.6 Å². The maximum Gasteiger partial charge on any atom is 0.366 e. The Morgan fingerprint density at radius 1 is 1.30 bits per heavy atom. The van der Waals surface area contributed by atoms with E-state index in [9.17, 15) is 14.5 Å². The lowest BCUT2D eigenvalue weighted by Gasteiger charge is -2.34. The average molecular weight is 321 g/mol. The lowest BCUT2D eigenvalue weighted by atomic mass is 10.1. The zero-order chi connectivity index (χ0) is 15.2. The van der Waals surface area contributed by atoms with Crippen molar-refractivity contribution in [3.05, 3.63) is 34.9 Å². The highest BCUT2D eigenvalue weighted by Crippen LogP contribution is 2.65. The molecule has 0 radical (unpaired) electrons. The number of hydrogen-bond donors (Lipinski definition) is 1. The van der Waals surface area contributed by atoms with Gasteiger partial charge in [0, 0.05) is 17.0 Å². The first-order chi connectivity index (χ1) is 9.45. The fourth-order valence-corrected chi connectivity index (χ4v) is 4.19. The number of aliphatic hydroxyl groups is 1. The molecule has 0 saturated carbocycles. The first-order valence-electron chi connectivity index (χ1n) is 6.25. The summed E-state index contributed by atoms with van der Waals surface area (Å²) in [5.41, 5.74) is 0.152. The second-order valence-corrected chi connectivity index (χ2v) is 6.66.